The Kier molecular flexibility index (Phi) is 6.80. The van der Waals surface area contributed by atoms with Crippen molar-refractivity contribution < 1.29 is 17.9 Å². The quantitative estimate of drug-likeness (QED) is 0.737. The predicted molar refractivity (Wildman–Crippen MR) is 105 cm³/mol. The fourth-order valence-corrected chi connectivity index (χ4v) is 4.85. The Morgan fingerprint density at radius 1 is 1.19 bits per heavy atom. The van der Waals surface area contributed by atoms with Crippen LogP contribution in [0.15, 0.2) is 34.5 Å². The van der Waals surface area contributed by atoms with Gasteiger partial charge < -0.3 is 10.1 Å². The van der Waals surface area contributed by atoms with Crippen molar-refractivity contribution in [3.63, 3.8) is 0 Å². The summed E-state index contributed by atoms with van der Waals surface area (Å²) >= 11 is 1.34. The van der Waals surface area contributed by atoms with E-state index >= 15 is 0 Å². The van der Waals surface area contributed by atoms with Gasteiger partial charge in [0.05, 0.1) is 22.1 Å². The lowest BCUT2D eigenvalue weighted by Gasteiger charge is -2.20. The summed E-state index contributed by atoms with van der Waals surface area (Å²) in [5.41, 5.74) is 1.22. The summed E-state index contributed by atoms with van der Waals surface area (Å²) in [6.07, 6.45) is 0. The lowest BCUT2D eigenvalue weighted by molar-refractivity contribution is 0.102. The van der Waals surface area contributed by atoms with Crippen LogP contribution in [0.1, 0.15) is 36.0 Å². The molecule has 0 spiro atoms. The third kappa shape index (κ3) is 4.25. The van der Waals surface area contributed by atoms with Gasteiger partial charge in [0.15, 0.2) is 0 Å². The molecule has 1 aromatic carbocycles. The van der Waals surface area contributed by atoms with Gasteiger partial charge in [-0.05, 0) is 49.1 Å². The Bertz CT molecular complexity index is 871. The van der Waals surface area contributed by atoms with Crippen molar-refractivity contribution in [1.29, 1.82) is 0 Å². The minimum atomic E-state index is -3.62. The maximum Gasteiger partial charge on any atom is 0.266 e. The highest BCUT2D eigenvalue weighted by Crippen LogP contribution is 2.30. The van der Waals surface area contributed by atoms with Crippen LogP contribution in [-0.4, -0.2) is 38.3 Å². The normalized spacial score (nSPS) is 11.6. The molecule has 0 aliphatic rings. The summed E-state index contributed by atoms with van der Waals surface area (Å²) in [7, 11) is -3.62. The van der Waals surface area contributed by atoms with E-state index in [1.807, 2.05) is 25.3 Å². The third-order valence-electron chi connectivity index (χ3n) is 3.91. The van der Waals surface area contributed by atoms with Gasteiger partial charge in [-0.15, -0.1) is 11.3 Å². The van der Waals surface area contributed by atoms with Crippen LogP contribution in [0.5, 0.6) is 5.75 Å². The molecule has 1 amide bonds. The molecule has 0 saturated heterocycles. The number of thiophene rings is 1. The predicted octanol–water partition coefficient (Wildman–Crippen LogP) is 3.74. The maximum absolute atomic E-state index is 12.8. The third-order valence-corrected chi connectivity index (χ3v) is 6.97. The molecule has 0 unspecified atom stereocenters. The Balaban J connectivity index is 2.43. The zero-order valence-electron chi connectivity index (χ0n) is 15.4. The molecule has 0 aliphatic heterocycles. The van der Waals surface area contributed by atoms with E-state index in [2.05, 4.69) is 5.32 Å². The van der Waals surface area contributed by atoms with E-state index in [1.165, 1.54) is 27.8 Å². The number of aryl methyl sites for hydroxylation is 1. The van der Waals surface area contributed by atoms with Gasteiger partial charge in [0, 0.05) is 13.1 Å². The number of carbonyl (C=O) groups excluding carboxylic acids is 1. The molecule has 0 radical (unpaired) electrons. The highest BCUT2D eigenvalue weighted by Gasteiger charge is 2.23. The summed E-state index contributed by atoms with van der Waals surface area (Å²) in [6.45, 7) is 8.43. The molecule has 1 N–H and O–H groups in total. The number of anilines is 1. The average Bonchev–Trinajstić information content (AvgIpc) is 3.03. The van der Waals surface area contributed by atoms with E-state index in [4.69, 9.17) is 4.74 Å². The van der Waals surface area contributed by atoms with E-state index in [-0.39, 0.29) is 10.8 Å². The molecule has 0 atom stereocenters. The standard InChI is InChI=1S/C18H24N2O4S2/c1-5-20(6-2)26(22,23)14-8-9-16(24-7-3)15(12-14)19-18(21)17-13(4)10-11-25-17/h8-12H,5-7H2,1-4H3,(H,19,21). The van der Waals surface area contributed by atoms with E-state index in [1.54, 1.807) is 19.9 Å². The van der Waals surface area contributed by atoms with Crippen molar-refractivity contribution in [2.75, 3.05) is 25.0 Å². The summed E-state index contributed by atoms with van der Waals surface area (Å²) < 4.78 is 32.4. The lowest BCUT2D eigenvalue weighted by Crippen LogP contribution is -2.30. The van der Waals surface area contributed by atoms with Crippen LogP contribution in [0.25, 0.3) is 0 Å². The molecule has 2 aromatic rings. The number of rotatable bonds is 8. The Morgan fingerprint density at radius 3 is 2.42 bits per heavy atom. The number of ether oxygens (including phenoxy) is 1. The molecular formula is C18H24N2O4S2. The molecule has 2 rings (SSSR count). The molecular weight excluding hydrogens is 372 g/mol. The lowest BCUT2D eigenvalue weighted by atomic mass is 10.2. The van der Waals surface area contributed by atoms with Gasteiger partial charge in [0.2, 0.25) is 10.0 Å². The van der Waals surface area contributed by atoms with Gasteiger partial charge >= 0.3 is 0 Å². The molecule has 6 nitrogen and oxygen atoms in total. The molecule has 0 aliphatic carbocycles. The number of nitrogens with zero attached hydrogens (tertiary/aromatic N) is 1. The maximum atomic E-state index is 12.8. The summed E-state index contributed by atoms with van der Waals surface area (Å²) in [5, 5.41) is 4.63. The second-order valence-corrected chi connectivity index (χ2v) is 8.42. The van der Waals surface area contributed by atoms with Crippen LogP contribution in [0, 0.1) is 6.92 Å². The monoisotopic (exact) mass is 396 g/mol. The van der Waals surface area contributed by atoms with Crippen molar-refractivity contribution >= 4 is 33.0 Å². The molecule has 142 valence electrons. The molecule has 1 aromatic heterocycles. The van der Waals surface area contributed by atoms with Gasteiger partial charge in [0.25, 0.3) is 5.91 Å². The Morgan fingerprint density at radius 2 is 1.88 bits per heavy atom. The van der Waals surface area contributed by atoms with Crippen molar-refractivity contribution in [3.8, 4) is 5.75 Å². The van der Waals surface area contributed by atoms with Crippen molar-refractivity contribution in [1.82, 2.24) is 4.31 Å². The largest absolute Gasteiger partial charge is 0.492 e. The van der Waals surface area contributed by atoms with Crippen LogP contribution in [0.4, 0.5) is 5.69 Å². The van der Waals surface area contributed by atoms with Gasteiger partial charge in [-0.3, -0.25) is 4.79 Å². The molecule has 0 fully saturated rings. The first kappa shape index (κ1) is 20.4. The minimum absolute atomic E-state index is 0.128. The molecule has 1 heterocycles. The first-order valence-corrected chi connectivity index (χ1v) is 10.8. The van der Waals surface area contributed by atoms with Gasteiger partial charge in [-0.25, -0.2) is 8.42 Å². The number of hydrogen-bond acceptors (Lipinski definition) is 5. The highest BCUT2D eigenvalue weighted by molar-refractivity contribution is 7.89. The first-order valence-electron chi connectivity index (χ1n) is 8.47. The van der Waals surface area contributed by atoms with Crippen LogP contribution in [0.3, 0.4) is 0 Å². The van der Waals surface area contributed by atoms with Gasteiger partial charge in [0.1, 0.15) is 5.75 Å². The van der Waals surface area contributed by atoms with Crippen molar-refractivity contribution in [3.05, 3.63) is 40.1 Å². The number of nitrogens with one attached hydrogen (secondary N) is 1. The number of benzene rings is 1. The number of carbonyl (C=O) groups is 1. The smallest absolute Gasteiger partial charge is 0.266 e. The zero-order chi connectivity index (χ0) is 19.3. The summed E-state index contributed by atoms with van der Waals surface area (Å²) in [6, 6.07) is 6.41. The molecule has 8 heteroatoms. The van der Waals surface area contributed by atoms with Crippen molar-refractivity contribution in [2.24, 2.45) is 0 Å². The topological polar surface area (TPSA) is 75.7 Å². The number of sulfonamides is 1. The number of amides is 1. The van der Waals surface area contributed by atoms with Crippen LogP contribution < -0.4 is 10.1 Å². The van der Waals surface area contributed by atoms with Gasteiger partial charge in [-0.2, -0.15) is 4.31 Å². The van der Waals surface area contributed by atoms with Crippen LogP contribution in [0.2, 0.25) is 0 Å². The SMILES string of the molecule is CCOc1ccc(S(=O)(=O)N(CC)CC)cc1NC(=O)c1sccc1C. The minimum Gasteiger partial charge on any atom is -0.492 e. The summed E-state index contributed by atoms with van der Waals surface area (Å²) in [4.78, 5) is 13.3. The highest BCUT2D eigenvalue weighted by atomic mass is 32.2. The van der Waals surface area contributed by atoms with Crippen LogP contribution in [-0.2, 0) is 10.0 Å². The van der Waals surface area contributed by atoms with E-state index in [0.29, 0.717) is 36.0 Å². The zero-order valence-corrected chi connectivity index (χ0v) is 17.0. The van der Waals surface area contributed by atoms with Crippen LogP contribution >= 0.6 is 11.3 Å². The Labute approximate surface area is 158 Å². The second kappa shape index (κ2) is 8.66. The molecule has 26 heavy (non-hydrogen) atoms. The van der Waals surface area contributed by atoms with Crippen molar-refractivity contribution in [2.45, 2.75) is 32.6 Å². The van der Waals surface area contributed by atoms with E-state index in [9.17, 15) is 13.2 Å². The second-order valence-electron chi connectivity index (χ2n) is 5.57. The summed E-state index contributed by atoms with van der Waals surface area (Å²) in [5.74, 6) is 0.157. The average molecular weight is 397 g/mol. The fourth-order valence-electron chi connectivity index (χ4n) is 2.55. The van der Waals surface area contributed by atoms with E-state index < -0.39 is 10.0 Å². The Hall–Kier alpha value is -1.90. The number of hydrogen-bond donors (Lipinski definition) is 1. The fraction of sp³-hybridized carbons (Fsp3) is 0.389. The van der Waals surface area contributed by atoms with E-state index in [0.717, 1.165) is 5.56 Å². The molecule has 0 bridgehead atoms. The first-order chi connectivity index (χ1) is 12.3. The molecule has 0 saturated carbocycles. The van der Waals surface area contributed by atoms with Gasteiger partial charge in [-0.1, -0.05) is 13.8 Å².